The summed E-state index contributed by atoms with van der Waals surface area (Å²) in [6.07, 6.45) is 7.54. The molecule has 3 rings (SSSR count). The summed E-state index contributed by atoms with van der Waals surface area (Å²) in [6, 6.07) is 0.558. The fraction of sp³-hybridized carbons (Fsp3) is 0.750. The van der Waals surface area contributed by atoms with Crippen LogP contribution >= 0.6 is 12.2 Å². The van der Waals surface area contributed by atoms with E-state index in [0.717, 1.165) is 12.4 Å². The Morgan fingerprint density at radius 3 is 2.67 bits per heavy atom. The van der Waals surface area contributed by atoms with Crippen molar-refractivity contribution in [1.82, 2.24) is 19.2 Å². The zero-order valence-electron chi connectivity index (χ0n) is 14.2. The highest BCUT2D eigenvalue weighted by Crippen LogP contribution is 2.28. The number of nitrogens with zero attached hydrogens (tertiary/aromatic N) is 4. The lowest BCUT2D eigenvalue weighted by Gasteiger charge is -2.27. The van der Waals surface area contributed by atoms with Crippen LogP contribution in [0.25, 0.3) is 0 Å². The first-order chi connectivity index (χ1) is 11.4. The number of sulfone groups is 1. The summed E-state index contributed by atoms with van der Waals surface area (Å²) in [4.78, 5) is 2.37. The van der Waals surface area contributed by atoms with Crippen molar-refractivity contribution in [1.29, 1.82) is 0 Å². The monoisotopic (exact) mass is 370 g/mol. The van der Waals surface area contributed by atoms with E-state index in [0.29, 0.717) is 23.9 Å². The fourth-order valence-corrected chi connectivity index (χ4v) is 5.81. The van der Waals surface area contributed by atoms with Gasteiger partial charge in [-0.3, -0.25) is 4.90 Å². The summed E-state index contributed by atoms with van der Waals surface area (Å²) in [7, 11) is -1.04. The highest BCUT2D eigenvalue weighted by molar-refractivity contribution is 7.91. The third kappa shape index (κ3) is 3.65. The van der Waals surface area contributed by atoms with Crippen molar-refractivity contribution in [3.05, 3.63) is 23.3 Å². The van der Waals surface area contributed by atoms with Crippen LogP contribution in [0.15, 0.2) is 12.7 Å². The van der Waals surface area contributed by atoms with Crippen LogP contribution in [0.4, 0.5) is 0 Å². The van der Waals surface area contributed by atoms with E-state index in [-0.39, 0.29) is 17.4 Å². The van der Waals surface area contributed by atoms with Crippen LogP contribution in [-0.2, 0) is 23.6 Å². The van der Waals surface area contributed by atoms with Crippen molar-refractivity contribution >= 4 is 22.1 Å². The van der Waals surface area contributed by atoms with Crippen molar-refractivity contribution in [3.63, 3.8) is 0 Å². The summed E-state index contributed by atoms with van der Waals surface area (Å²) < 4.78 is 27.9. The number of rotatable bonds is 6. The van der Waals surface area contributed by atoms with Gasteiger partial charge in [0, 0.05) is 25.6 Å². The van der Waals surface area contributed by atoms with Gasteiger partial charge in [-0.15, -0.1) is 6.58 Å². The molecule has 0 bridgehead atoms. The minimum absolute atomic E-state index is 0.0396. The lowest BCUT2D eigenvalue weighted by atomic mass is 10.1. The summed E-state index contributed by atoms with van der Waals surface area (Å²) in [5.74, 6) is 1.20. The number of hydrogen-bond acceptors (Lipinski definition) is 5. The first-order valence-electron chi connectivity index (χ1n) is 8.60. The molecule has 1 saturated carbocycles. The molecule has 0 N–H and O–H groups in total. The quantitative estimate of drug-likeness (QED) is 0.568. The van der Waals surface area contributed by atoms with E-state index in [4.69, 9.17) is 12.2 Å². The highest BCUT2D eigenvalue weighted by atomic mass is 32.2. The van der Waals surface area contributed by atoms with Crippen LogP contribution in [0.1, 0.15) is 43.8 Å². The van der Waals surface area contributed by atoms with E-state index in [1.54, 1.807) is 0 Å². The van der Waals surface area contributed by atoms with Crippen molar-refractivity contribution < 1.29 is 8.42 Å². The van der Waals surface area contributed by atoms with Crippen LogP contribution in [0.2, 0.25) is 0 Å². The van der Waals surface area contributed by atoms with E-state index in [1.807, 2.05) is 22.4 Å². The smallest absolute Gasteiger partial charge is 0.198 e. The lowest BCUT2D eigenvalue weighted by molar-refractivity contribution is 0.161. The summed E-state index contributed by atoms with van der Waals surface area (Å²) in [5.41, 5.74) is 0. The molecule has 0 spiro atoms. The van der Waals surface area contributed by atoms with Gasteiger partial charge in [0.05, 0.1) is 18.2 Å². The molecule has 2 heterocycles. The molecule has 1 atom stereocenters. The molecule has 1 aliphatic carbocycles. The Balaban J connectivity index is 1.82. The van der Waals surface area contributed by atoms with Gasteiger partial charge in [-0.25, -0.2) is 13.1 Å². The van der Waals surface area contributed by atoms with Crippen molar-refractivity contribution in [3.8, 4) is 0 Å². The van der Waals surface area contributed by atoms with Crippen molar-refractivity contribution in [2.24, 2.45) is 7.05 Å². The molecule has 1 aromatic heterocycles. The highest BCUT2D eigenvalue weighted by Gasteiger charge is 2.32. The zero-order chi connectivity index (χ0) is 17.3. The third-order valence-corrected chi connectivity index (χ3v) is 7.45. The van der Waals surface area contributed by atoms with Gasteiger partial charge in [-0.1, -0.05) is 18.9 Å². The molecule has 0 amide bonds. The molecular weight excluding hydrogens is 344 g/mol. The largest absolute Gasteiger partial charge is 0.307 e. The first kappa shape index (κ1) is 17.8. The zero-order valence-corrected chi connectivity index (χ0v) is 15.9. The summed E-state index contributed by atoms with van der Waals surface area (Å²) in [6.45, 7) is 5.33. The Bertz CT molecular complexity index is 760. The predicted octanol–water partition coefficient (Wildman–Crippen LogP) is 2.24. The van der Waals surface area contributed by atoms with Gasteiger partial charge in [-0.05, 0) is 31.5 Å². The van der Waals surface area contributed by atoms with Gasteiger partial charge in [0.2, 0.25) is 0 Å². The predicted molar refractivity (Wildman–Crippen MR) is 97.2 cm³/mol. The van der Waals surface area contributed by atoms with Crippen LogP contribution in [-0.4, -0.2) is 51.8 Å². The maximum atomic E-state index is 11.8. The van der Waals surface area contributed by atoms with Gasteiger partial charge in [0.25, 0.3) is 0 Å². The van der Waals surface area contributed by atoms with E-state index in [2.05, 4.69) is 16.6 Å². The van der Waals surface area contributed by atoms with Crippen molar-refractivity contribution in [2.75, 3.05) is 18.1 Å². The van der Waals surface area contributed by atoms with E-state index in [1.165, 1.54) is 25.7 Å². The Labute approximate surface area is 149 Å². The van der Waals surface area contributed by atoms with Crippen LogP contribution in [0, 0.1) is 4.77 Å². The Morgan fingerprint density at radius 1 is 1.38 bits per heavy atom. The van der Waals surface area contributed by atoms with Gasteiger partial charge >= 0.3 is 0 Å². The Kier molecular flexibility index (Phi) is 5.27. The Morgan fingerprint density at radius 2 is 2.08 bits per heavy atom. The topological polar surface area (TPSA) is 60.1 Å². The molecule has 2 fully saturated rings. The van der Waals surface area contributed by atoms with E-state index in [9.17, 15) is 8.42 Å². The third-order valence-electron chi connectivity index (χ3n) is 5.19. The number of aromatic nitrogens is 3. The average molecular weight is 371 g/mol. The molecule has 8 heteroatoms. The second-order valence-corrected chi connectivity index (χ2v) is 9.53. The molecule has 0 radical (unpaired) electrons. The average Bonchev–Trinajstić information content (AvgIpc) is 3.23. The van der Waals surface area contributed by atoms with E-state index >= 15 is 0 Å². The van der Waals surface area contributed by atoms with Crippen LogP contribution in [0.3, 0.4) is 0 Å². The maximum absolute atomic E-state index is 11.8. The second kappa shape index (κ2) is 7.09. The Hall–Kier alpha value is -0.990. The molecule has 0 aromatic carbocycles. The molecule has 2 aliphatic rings. The molecule has 134 valence electrons. The van der Waals surface area contributed by atoms with Gasteiger partial charge < -0.3 is 4.57 Å². The normalized spacial score (nSPS) is 24.0. The maximum Gasteiger partial charge on any atom is 0.198 e. The SMILES string of the molecule is C=CCN(Cn1nc([C@@H]2CCS(=O)(=O)C2)n(C)c1=S)C1CCCC1. The standard InChI is InChI=1S/C16H26N4O2S2/c1-3-9-19(14-6-4-5-7-14)12-20-16(23)18(2)15(17-20)13-8-10-24(21,22)11-13/h3,13-14H,1,4-12H2,2H3/t13-/m1/s1. The molecule has 0 unspecified atom stereocenters. The van der Waals surface area contributed by atoms with Gasteiger partial charge in [0.1, 0.15) is 5.82 Å². The number of hydrogen-bond donors (Lipinski definition) is 0. The fourth-order valence-electron chi connectivity index (χ4n) is 3.88. The first-order valence-corrected chi connectivity index (χ1v) is 10.8. The minimum atomic E-state index is -2.93. The molecule has 1 saturated heterocycles. The van der Waals surface area contributed by atoms with Gasteiger partial charge in [0.15, 0.2) is 14.6 Å². The van der Waals surface area contributed by atoms with Crippen LogP contribution in [0.5, 0.6) is 0 Å². The molecule has 24 heavy (non-hydrogen) atoms. The second-order valence-electron chi connectivity index (χ2n) is 6.94. The molecule has 6 nitrogen and oxygen atoms in total. The van der Waals surface area contributed by atoms with Gasteiger partial charge in [-0.2, -0.15) is 5.10 Å². The van der Waals surface area contributed by atoms with E-state index < -0.39 is 9.84 Å². The molecule has 1 aliphatic heterocycles. The lowest BCUT2D eigenvalue weighted by Crippen LogP contribution is -2.35. The van der Waals surface area contributed by atoms with Crippen molar-refractivity contribution in [2.45, 2.75) is 50.7 Å². The van der Waals surface area contributed by atoms with Crippen LogP contribution < -0.4 is 0 Å². The summed E-state index contributed by atoms with van der Waals surface area (Å²) in [5, 5.41) is 4.69. The minimum Gasteiger partial charge on any atom is -0.307 e. The molecule has 1 aromatic rings. The molecular formula is C16H26N4O2S2. The summed E-state index contributed by atoms with van der Waals surface area (Å²) >= 11 is 5.55.